The first-order chi connectivity index (χ1) is 14.0. The summed E-state index contributed by atoms with van der Waals surface area (Å²) in [5.74, 6) is -0.240. The average molecular weight is 385 g/mol. The third-order valence-corrected chi connectivity index (χ3v) is 5.86. The molecule has 1 unspecified atom stereocenters. The first-order valence-electron chi connectivity index (χ1n) is 10.1. The van der Waals surface area contributed by atoms with Gasteiger partial charge in [0.1, 0.15) is 5.82 Å². The lowest BCUT2D eigenvalue weighted by Crippen LogP contribution is -2.24. The summed E-state index contributed by atoms with van der Waals surface area (Å²) in [7, 11) is 0. The van der Waals surface area contributed by atoms with Crippen LogP contribution in [0.5, 0.6) is 0 Å². The molecule has 3 aromatic carbocycles. The van der Waals surface area contributed by atoms with Gasteiger partial charge in [-0.15, -0.1) is 0 Å². The molecule has 1 atom stereocenters. The number of nitrogens with zero attached hydrogens (tertiary/aromatic N) is 3. The SMILES string of the molecule is CC1(C)CC(c2ccccc2)N(c2ccc3c(cnn3-c3ccc(F)cc3)c2)C1. The highest BCUT2D eigenvalue weighted by Crippen LogP contribution is 2.45. The van der Waals surface area contributed by atoms with Crippen molar-refractivity contribution < 1.29 is 4.39 Å². The van der Waals surface area contributed by atoms with E-state index in [-0.39, 0.29) is 11.2 Å². The molecular formula is C25H24FN3. The Morgan fingerprint density at radius 1 is 0.931 bits per heavy atom. The Morgan fingerprint density at radius 2 is 1.66 bits per heavy atom. The average Bonchev–Trinajstić information content (AvgIpc) is 3.29. The van der Waals surface area contributed by atoms with Crippen LogP contribution in [0, 0.1) is 11.2 Å². The maximum Gasteiger partial charge on any atom is 0.123 e. The van der Waals surface area contributed by atoms with Gasteiger partial charge in [0, 0.05) is 17.6 Å². The van der Waals surface area contributed by atoms with Crippen LogP contribution in [0.25, 0.3) is 16.6 Å². The molecule has 3 nitrogen and oxygen atoms in total. The summed E-state index contributed by atoms with van der Waals surface area (Å²) in [5, 5.41) is 5.63. The van der Waals surface area contributed by atoms with E-state index in [1.165, 1.54) is 23.4 Å². The van der Waals surface area contributed by atoms with Gasteiger partial charge in [-0.05, 0) is 59.9 Å². The van der Waals surface area contributed by atoms with E-state index < -0.39 is 0 Å². The van der Waals surface area contributed by atoms with Crippen LogP contribution in [0.3, 0.4) is 0 Å². The van der Waals surface area contributed by atoms with E-state index in [9.17, 15) is 4.39 Å². The fraction of sp³-hybridized carbons (Fsp3) is 0.240. The third-order valence-electron chi connectivity index (χ3n) is 5.86. The highest BCUT2D eigenvalue weighted by molar-refractivity contribution is 5.84. The van der Waals surface area contributed by atoms with Gasteiger partial charge >= 0.3 is 0 Å². The molecule has 4 aromatic rings. The number of benzene rings is 3. The minimum atomic E-state index is -0.240. The zero-order valence-corrected chi connectivity index (χ0v) is 16.7. The molecule has 4 heteroatoms. The molecule has 0 spiro atoms. The van der Waals surface area contributed by atoms with Crippen molar-refractivity contribution >= 4 is 16.6 Å². The Labute approximate surface area is 170 Å². The van der Waals surface area contributed by atoms with E-state index in [1.54, 1.807) is 12.1 Å². The molecule has 0 bridgehead atoms. The van der Waals surface area contributed by atoms with E-state index in [2.05, 4.69) is 72.4 Å². The molecule has 1 aromatic heterocycles. The van der Waals surface area contributed by atoms with Crippen LogP contribution in [-0.2, 0) is 0 Å². The smallest absolute Gasteiger partial charge is 0.123 e. The zero-order chi connectivity index (χ0) is 20.0. The number of halogens is 1. The number of hydrogen-bond acceptors (Lipinski definition) is 2. The minimum Gasteiger partial charge on any atom is -0.364 e. The molecule has 0 radical (unpaired) electrons. The van der Waals surface area contributed by atoms with Crippen molar-refractivity contribution in [2.45, 2.75) is 26.3 Å². The molecule has 1 saturated heterocycles. The number of hydrogen-bond donors (Lipinski definition) is 0. The Morgan fingerprint density at radius 3 is 2.41 bits per heavy atom. The Hall–Kier alpha value is -3.14. The minimum absolute atomic E-state index is 0.240. The van der Waals surface area contributed by atoms with Crippen molar-refractivity contribution in [1.29, 1.82) is 0 Å². The highest BCUT2D eigenvalue weighted by Gasteiger charge is 2.38. The molecule has 29 heavy (non-hydrogen) atoms. The topological polar surface area (TPSA) is 21.1 Å². The second-order valence-electron chi connectivity index (χ2n) is 8.70. The maximum atomic E-state index is 13.3. The largest absolute Gasteiger partial charge is 0.364 e. The van der Waals surface area contributed by atoms with Crippen LogP contribution >= 0.6 is 0 Å². The zero-order valence-electron chi connectivity index (χ0n) is 16.7. The summed E-state index contributed by atoms with van der Waals surface area (Å²) < 4.78 is 15.1. The van der Waals surface area contributed by atoms with Crippen molar-refractivity contribution in [1.82, 2.24) is 9.78 Å². The third kappa shape index (κ3) is 3.29. The molecule has 1 fully saturated rings. The summed E-state index contributed by atoms with van der Waals surface area (Å²) in [6.07, 6.45) is 3.02. The van der Waals surface area contributed by atoms with Crippen LogP contribution in [0.4, 0.5) is 10.1 Å². The molecule has 146 valence electrons. The summed E-state index contributed by atoms with van der Waals surface area (Å²) in [4.78, 5) is 2.52. The van der Waals surface area contributed by atoms with E-state index in [0.29, 0.717) is 6.04 Å². The summed E-state index contributed by atoms with van der Waals surface area (Å²) >= 11 is 0. The molecule has 5 rings (SSSR count). The lowest BCUT2D eigenvalue weighted by molar-refractivity contribution is 0.404. The van der Waals surface area contributed by atoms with E-state index in [0.717, 1.165) is 29.6 Å². The van der Waals surface area contributed by atoms with Crippen LogP contribution in [0.2, 0.25) is 0 Å². The monoisotopic (exact) mass is 385 g/mol. The quantitative estimate of drug-likeness (QED) is 0.422. The molecule has 0 N–H and O–H groups in total. The standard InChI is InChI=1S/C25H24FN3/c1-25(2)15-24(18-6-4-3-5-7-18)28(17-25)22-12-13-23-19(14-22)16-27-29(23)21-10-8-20(26)9-11-21/h3-14,16,24H,15,17H2,1-2H3. The number of aromatic nitrogens is 2. The molecular weight excluding hydrogens is 361 g/mol. The summed E-state index contributed by atoms with van der Waals surface area (Å²) in [6, 6.07) is 24.1. The van der Waals surface area contributed by atoms with Crippen molar-refractivity contribution in [3.05, 3.63) is 90.4 Å². The maximum absolute atomic E-state index is 13.3. The van der Waals surface area contributed by atoms with Crippen molar-refractivity contribution in [2.75, 3.05) is 11.4 Å². The van der Waals surface area contributed by atoms with Gasteiger partial charge < -0.3 is 4.90 Å². The Balaban J connectivity index is 1.54. The van der Waals surface area contributed by atoms with Gasteiger partial charge in [-0.25, -0.2) is 9.07 Å². The number of fused-ring (bicyclic) bond motifs is 1. The fourth-order valence-corrected chi connectivity index (χ4v) is 4.50. The van der Waals surface area contributed by atoms with Crippen LogP contribution in [0.15, 0.2) is 79.0 Å². The van der Waals surface area contributed by atoms with Gasteiger partial charge in [0.2, 0.25) is 0 Å². The predicted octanol–water partition coefficient (Wildman–Crippen LogP) is 6.14. The van der Waals surface area contributed by atoms with Crippen molar-refractivity contribution in [2.24, 2.45) is 5.41 Å². The first-order valence-corrected chi connectivity index (χ1v) is 10.1. The molecule has 2 heterocycles. The first kappa shape index (κ1) is 17.9. The molecule has 0 saturated carbocycles. The lowest BCUT2D eigenvalue weighted by atomic mass is 9.89. The van der Waals surface area contributed by atoms with Crippen LogP contribution in [-0.4, -0.2) is 16.3 Å². The molecule has 1 aliphatic rings. The summed E-state index contributed by atoms with van der Waals surface area (Å²) in [5.41, 5.74) is 4.72. The molecule has 0 amide bonds. The Kier molecular flexibility index (Phi) is 4.16. The fourth-order valence-electron chi connectivity index (χ4n) is 4.50. The van der Waals surface area contributed by atoms with Gasteiger partial charge in [0.05, 0.1) is 23.4 Å². The lowest BCUT2D eigenvalue weighted by Gasteiger charge is -2.27. The van der Waals surface area contributed by atoms with Gasteiger partial charge in [0.15, 0.2) is 0 Å². The van der Waals surface area contributed by atoms with Gasteiger partial charge in [-0.1, -0.05) is 44.2 Å². The molecule has 1 aliphatic heterocycles. The predicted molar refractivity (Wildman–Crippen MR) is 116 cm³/mol. The van der Waals surface area contributed by atoms with Crippen LogP contribution in [0.1, 0.15) is 31.9 Å². The van der Waals surface area contributed by atoms with Gasteiger partial charge in [-0.2, -0.15) is 5.10 Å². The van der Waals surface area contributed by atoms with Crippen molar-refractivity contribution in [3.8, 4) is 5.69 Å². The van der Waals surface area contributed by atoms with Gasteiger partial charge in [-0.3, -0.25) is 0 Å². The summed E-state index contributed by atoms with van der Waals surface area (Å²) in [6.45, 7) is 5.70. The normalized spacial score (nSPS) is 18.4. The van der Waals surface area contributed by atoms with E-state index in [4.69, 9.17) is 0 Å². The second-order valence-corrected chi connectivity index (χ2v) is 8.70. The van der Waals surface area contributed by atoms with E-state index in [1.807, 2.05) is 10.9 Å². The van der Waals surface area contributed by atoms with Crippen molar-refractivity contribution in [3.63, 3.8) is 0 Å². The number of anilines is 1. The van der Waals surface area contributed by atoms with Gasteiger partial charge in [0.25, 0.3) is 0 Å². The Bertz CT molecular complexity index is 1150. The molecule has 0 aliphatic carbocycles. The number of rotatable bonds is 3. The highest BCUT2D eigenvalue weighted by atomic mass is 19.1. The van der Waals surface area contributed by atoms with Crippen LogP contribution < -0.4 is 4.90 Å². The van der Waals surface area contributed by atoms with E-state index >= 15 is 0 Å². The second kappa shape index (κ2) is 6.73.